The second-order valence-corrected chi connectivity index (χ2v) is 5.49. The van der Waals surface area contributed by atoms with Gasteiger partial charge < -0.3 is 55.8 Å². The standard InChI is InChI=1S/C12H22O12/c13-1-2(14)3(15)4(16)5(17)6(18)8(20)11-9(21)7(19)10(22)12(23)24-11/h2-7,9-19,21-23H,1H2/t2-,3-,4-,5-,6?,7?,9?,10?,11?,12?/m1/s1. The molecule has 0 bridgehead atoms. The highest BCUT2D eigenvalue weighted by atomic mass is 16.6. The van der Waals surface area contributed by atoms with Gasteiger partial charge >= 0.3 is 0 Å². The van der Waals surface area contributed by atoms with Crippen LogP contribution < -0.4 is 0 Å². The zero-order valence-corrected chi connectivity index (χ0v) is 12.3. The molecule has 0 aromatic heterocycles. The van der Waals surface area contributed by atoms with Gasteiger partial charge in [0.25, 0.3) is 0 Å². The number of Topliss-reactive ketones (excluding diaryl/α,β-unsaturated/α-hetero) is 1. The number of carbonyl (C=O) groups is 1. The first-order chi connectivity index (χ1) is 11.0. The van der Waals surface area contributed by atoms with Crippen LogP contribution in [0.25, 0.3) is 0 Å². The summed E-state index contributed by atoms with van der Waals surface area (Å²) in [6.45, 7) is -0.976. The first-order valence-corrected chi connectivity index (χ1v) is 6.97. The Morgan fingerprint density at radius 1 is 0.833 bits per heavy atom. The van der Waals surface area contributed by atoms with Crippen molar-refractivity contribution in [3.63, 3.8) is 0 Å². The minimum absolute atomic E-state index is 0.976. The molecule has 1 aliphatic heterocycles. The lowest BCUT2D eigenvalue weighted by molar-refractivity contribution is -0.277. The molecule has 12 heteroatoms. The zero-order valence-electron chi connectivity index (χ0n) is 12.3. The summed E-state index contributed by atoms with van der Waals surface area (Å²) in [4.78, 5) is 12.0. The molecule has 0 radical (unpaired) electrons. The van der Waals surface area contributed by atoms with Gasteiger partial charge in [-0.3, -0.25) is 4.79 Å². The number of hydrogen-bond donors (Lipinski definition) is 10. The lowest BCUT2D eigenvalue weighted by atomic mass is 9.90. The number of rotatable bonds is 7. The van der Waals surface area contributed by atoms with Crippen LogP contribution in [-0.4, -0.2) is 125 Å². The average Bonchev–Trinajstić information content (AvgIpc) is 2.58. The van der Waals surface area contributed by atoms with E-state index in [1.165, 1.54) is 0 Å². The van der Waals surface area contributed by atoms with Gasteiger partial charge in [-0.15, -0.1) is 0 Å². The van der Waals surface area contributed by atoms with Gasteiger partial charge in [-0.2, -0.15) is 0 Å². The van der Waals surface area contributed by atoms with Crippen LogP contribution in [0, 0.1) is 0 Å². The third kappa shape index (κ3) is 4.25. The molecule has 24 heavy (non-hydrogen) atoms. The smallest absolute Gasteiger partial charge is 0.195 e. The molecule has 1 heterocycles. The highest BCUT2D eigenvalue weighted by Gasteiger charge is 2.49. The maximum atomic E-state index is 12.0. The zero-order chi connectivity index (χ0) is 18.8. The molecule has 6 unspecified atom stereocenters. The third-order valence-electron chi connectivity index (χ3n) is 3.76. The maximum absolute atomic E-state index is 12.0. The van der Waals surface area contributed by atoms with Crippen molar-refractivity contribution in [1.29, 1.82) is 0 Å². The molecule has 10 N–H and O–H groups in total. The van der Waals surface area contributed by atoms with E-state index in [9.17, 15) is 45.6 Å². The van der Waals surface area contributed by atoms with Crippen molar-refractivity contribution in [2.24, 2.45) is 0 Å². The van der Waals surface area contributed by atoms with E-state index >= 15 is 0 Å². The van der Waals surface area contributed by atoms with E-state index in [4.69, 9.17) is 10.2 Å². The Labute approximate surface area is 135 Å². The Morgan fingerprint density at radius 3 is 1.88 bits per heavy atom. The van der Waals surface area contributed by atoms with Crippen molar-refractivity contribution < 1.29 is 60.6 Å². The van der Waals surface area contributed by atoms with Crippen molar-refractivity contribution in [2.45, 2.75) is 61.2 Å². The van der Waals surface area contributed by atoms with Crippen LogP contribution in [0.2, 0.25) is 0 Å². The molecular weight excluding hydrogens is 336 g/mol. The number of ether oxygens (including phenoxy) is 1. The lowest BCUT2D eigenvalue weighted by Crippen LogP contribution is -2.63. The Kier molecular flexibility index (Phi) is 7.58. The minimum Gasteiger partial charge on any atom is -0.394 e. The van der Waals surface area contributed by atoms with Crippen LogP contribution in [0.5, 0.6) is 0 Å². The summed E-state index contributed by atoms with van der Waals surface area (Å²) >= 11 is 0. The summed E-state index contributed by atoms with van der Waals surface area (Å²) in [5.74, 6) is -1.47. The van der Waals surface area contributed by atoms with Gasteiger partial charge in [0, 0.05) is 0 Å². The van der Waals surface area contributed by atoms with Crippen LogP contribution in [0.1, 0.15) is 0 Å². The van der Waals surface area contributed by atoms with E-state index in [0.717, 1.165) is 0 Å². The van der Waals surface area contributed by atoms with Crippen LogP contribution in [0.4, 0.5) is 0 Å². The van der Waals surface area contributed by atoms with Crippen LogP contribution in [0.15, 0.2) is 0 Å². The van der Waals surface area contributed by atoms with Gasteiger partial charge in [0.1, 0.15) is 48.8 Å². The number of ketones is 1. The first-order valence-electron chi connectivity index (χ1n) is 6.97. The van der Waals surface area contributed by atoms with Gasteiger partial charge in [-0.25, -0.2) is 0 Å². The molecule has 0 saturated carbocycles. The molecular formula is C12H22O12. The van der Waals surface area contributed by atoms with Crippen molar-refractivity contribution in [3.8, 4) is 0 Å². The quantitative estimate of drug-likeness (QED) is 0.205. The van der Waals surface area contributed by atoms with Gasteiger partial charge in [-0.1, -0.05) is 0 Å². The van der Waals surface area contributed by atoms with Crippen molar-refractivity contribution in [3.05, 3.63) is 0 Å². The molecule has 0 aromatic rings. The second kappa shape index (κ2) is 8.55. The lowest BCUT2D eigenvalue weighted by Gasteiger charge is -2.38. The minimum atomic E-state index is -2.45. The molecule has 0 aromatic carbocycles. The molecule has 10 atom stereocenters. The van der Waals surface area contributed by atoms with Crippen LogP contribution >= 0.6 is 0 Å². The number of hydrogen-bond acceptors (Lipinski definition) is 12. The van der Waals surface area contributed by atoms with Gasteiger partial charge in [0.05, 0.1) is 6.61 Å². The predicted octanol–water partition coefficient (Wildman–Crippen LogP) is -6.85. The Hall–Kier alpha value is -0.770. The topological polar surface area (TPSA) is 229 Å². The fraction of sp³-hybridized carbons (Fsp3) is 0.917. The van der Waals surface area contributed by atoms with E-state index in [-0.39, 0.29) is 0 Å². The number of aliphatic hydroxyl groups excluding tert-OH is 10. The van der Waals surface area contributed by atoms with Crippen molar-refractivity contribution in [2.75, 3.05) is 6.61 Å². The van der Waals surface area contributed by atoms with E-state index in [1.807, 2.05) is 0 Å². The van der Waals surface area contributed by atoms with E-state index in [2.05, 4.69) is 4.74 Å². The molecule has 1 saturated heterocycles. The maximum Gasteiger partial charge on any atom is 0.195 e. The molecule has 12 nitrogen and oxygen atoms in total. The molecule has 1 rings (SSSR count). The van der Waals surface area contributed by atoms with Gasteiger partial charge in [0.15, 0.2) is 18.2 Å². The number of carbonyl (C=O) groups excluding carboxylic acids is 1. The van der Waals surface area contributed by atoms with E-state index in [0.29, 0.717) is 0 Å². The van der Waals surface area contributed by atoms with Crippen molar-refractivity contribution in [1.82, 2.24) is 0 Å². The average molecular weight is 358 g/mol. The normalized spacial score (nSPS) is 37.3. The van der Waals surface area contributed by atoms with Crippen LogP contribution in [0.3, 0.4) is 0 Å². The Morgan fingerprint density at radius 2 is 1.38 bits per heavy atom. The Balaban J connectivity index is 2.82. The molecule has 0 amide bonds. The summed E-state index contributed by atoms with van der Waals surface area (Å²) in [6, 6.07) is 0. The SMILES string of the molecule is O=C(C1OC(O)C(O)C(O)C1O)C(O)[C@H](O)[C@H](O)[C@H](O)[C@H](O)CO. The summed E-state index contributed by atoms with van der Waals surface area (Å²) < 4.78 is 4.56. The van der Waals surface area contributed by atoms with E-state index < -0.39 is 73.6 Å². The molecule has 142 valence electrons. The summed E-state index contributed by atoms with van der Waals surface area (Å²) in [5, 5.41) is 94.0. The summed E-state index contributed by atoms with van der Waals surface area (Å²) in [7, 11) is 0. The molecule has 0 aliphatic carbocycles. The first kappa shape index (κ1) is 21.3. The largest absolute Gasteiger partial charge is 0.394 e. The van der Waals surface area contributed by atoms with E-state index in [1.54, 1.807) is 0 Å². The summed E-state index contributed by atoms with van der Waals surface area (Å²) in [6.07, 6.45) is -21.1. The third-order valence-corrected chi connectivity index (χ3v) is 3.76. The predicted molar refractivity (Wildman–Crippen MR) is 71.0 cm³/mol. The fourth-order valence-corrected chi connectivity index (χ4v) is 2.16. The second-order valence-electron chi connectivity index (χ2n) is 5.49. The molecule has 1 aliphatic rings. The van der Waals surface area contributed by atoms with Gasteiger partial charge in [0.2, 0.25) is 0 Å². The monoisotopic (exact) mass is 358 g/mol. The Bertz CT molecular complexity index is 419. The highest BCUT2D eigenvalue weighted by molar-refractivity contribution is 5.88. The number of aliphatic hydroxyl groups is 10. The molecule has 0 spiro atoms. The van der Waals surface area contributed by atoms with Crippen LogP contribution in [-0.2, 0) is 9.53 Å². The molecule has 1 fully saturated rings. The van der Waals surface area contributed by atoms with Crippen molar-refractivity contribution >= 4 is 5.78 Å². The fourth-order valence-electron chi connectivity index (χ4n) is 2.16. The highest BCUT2D eigenvalue weighted by Crippen LogP contribution is 2.22. The van der Waals surface area contributed by atoms with Gasteiger partial charge in [-0.05, 0) is 0 Å². The summed E-state index contributed by atoms with van der Waals surface area (Å²) in [5.41, 5.74) is 0.